The van der Waals surface area contributed by atoms with Crippen molar-refractivity contribution in [3.05, 3.63) is 59.9 Å². The highest BCUT2D eigenvalue weighted by molar-refractivity contribution is 7.92. The molecule has 2 rings (SSSR count). The van der Waals surface area contributed by atoms with Crippen molar-refractivity contribution in [2.45, 2.75) is 39.3 Å². The largest absolute Gasteiger partial charge is 0.494 e. The van der Waals surface area contributed by atoms with Crippen LogP contribution in [0, 0.1) is 5.82 Å². The summed E-state index contributed by atoms with van der Waals surface area (Å²) in [5.74, 6) is -0.596. The molecule has 2 aromatic carbocycles. The fourth-order valence-corrected chi connectivity index (χ4v) is 4.45. The van der Waals surface area contributed by atoms with Crippen molar-refractivity contribution in [1.82, 2.24) is 10.2 Å². The lowest BCUT2D eigenvalue weighted by atomic mass is 10.1. The van der Waals surface area contributed by atoms with E-state index in [4.69, 9.17) is 4.74 Å². The third kappa shape index (κ3) is 7.44. The van der Waals surface area contributed by atoms with Gasteiger partial charge in [0, 0.05) is 32.1 Å². The Morgan fingerprint density at radius 2 is 1.76 bits per heavy atom. The molecule has 0 saturated heterocycles. The van der Waals surface area contributed by atoms with E-state index in [0.717, 1.165) is 6.26 Å². The van der Waals surface area contributed by atoms with Crippen molar-refractivity contribution in [3.63, 3.8) is 0 Å². The first kappa shape index (κ1) is 27.1. The van der Waals surface area contributed by atoms with Gasteiger partial charge in [-0.05, 0) is 50.6 Å². The number of nitrogens with one attached hydrogen (secondary N) is 1. The first-order valence-electron chi connectivity index (χ1n) is 11.0. The molecule has 186 valence electrons. The molecule has 0 bridgehead atoms. The van der Waals surface area contributed by atoms with Gasteiger partial charge in [0.2, 0.25) is 21.8 Å². The van der Waals surface area contributed by atoms with Gasteiger partial charge in [-0.1, -0.05) is 18.2 Å². The Labute approximate surface area is 200 Å². The molecule has 0 radical (unpaired) electrons. The Balaban J connectivity index is 2.14. The number of sulfonamides is 1. The van der Waals surface area contributed by atoms with E-state index in [2.05, 4.69) is 5.32 Å². The highest BCUT2D eigenvalue weighted by Gasteiger charge is 2.26. The van der Waals surface area contributed by atoms with Gasteiger partial charge in [0.05, 0.1) is 18.6 Å². The quantitative estimate of drug-likeness (QED) is 0.491. The number of ether oxygens (including phenoxy) is 1. The number of hydrogen-bond acceptors (Lipinski definition) is 5. The number of benzene rings is 2. The maximum Gasteiger partial charge on any atom is 0.242 e. The average Bonchev–Trinajstić information content (AvgIpc) is 2.80. The molecule has 1 atom stereocenters. The molecule has 0 aromatic heterocycles. The van der Waals surface area contributed by atoms with Gasteiger partial charge >= 0.3 is 0 Å². The van der Waals surface area contributed by atoms with Crippen molar-refractivity contribution in [2.75, 3.05) is 30.8 Å². The maximum absolute atomic E-state index is 14.2. The van der Waals surface area contributed by atoms with Crippen LogP contribution in [-0.2, 0) is 26.2 Å². The highest BCUT2D eigenvalue weighted by Crippen LogP contribution is 2.22. The number of anilines is 1. The Hall–Kier alpha value is -3.14. The van der Waals surface area contributed by atoms with E-state index in [-0.39, 0.29) is 37.7 Å². The van der Waals surface area contributed by atoms with Crippen molar-refractivity contribution in [1.29, 1.82) is 0 Å². The van der Waals surface area contributed by atoms with Gasteiger partial charge in [-0.25, -0.2) is 12.8 Å². The molecule has 1 N–H and O–H groups in total. The van der Waals surface area contributed by atoms with Crippen LogP contribution in [0.2, 0.25) is 0 Å². The van der Waals surface area contributed by atoms with Gasteiger partial charge in [-0.3, -0.25) is 13.9 Å². The van der Waals surface area contributed by atoms with Gasteiger partial charge < -0.3 is 15.0 Å². The van der Waals surface area contributed by atoms with Crippen LogP contribution in [0.25, 0.3) is 0 Å². The molecule has 0 fully saturated rings. The van der Waals surface area contributed by atoms with Crippen molar-refractivity contribution < 1.29 is 27.1 Å². The smallest absolute Gasteiger partial charge is 0.242 e. The van der Waals surface area contributed by atoms with Crippen LogP contribution in [0.4, 0.5) is 10.1 Å². The molecule has 34 heavy (non-hydrogen) atoms. The predicted octanol–water partition coefficient (Wildman–Crippen LogP) is 2.93. The normalized spacial score (nSPS) is 12.0. The van der Waals surface area contributed by atoms with Crippen LogP contribution in [-0.4, -0.2) is 57.6 Å². The number of halogens is 1. The summed E-state index contributed by atoms with van der Waals surface area (Å²) in [6, 6.07) is 11.9. The second-order valence-electron chi connectivity index (χ2n) is 7.77. The van der Waals surface area contributed by atoms with Crippen LogP contribution in [0.3, 0.4) is 0 Å². The first-order valence-corrected chi connectivity index (χ1v) is 12.9. The molecule has 2 amide bonds. The van der Waals surface area contributed by atoms with Gasteiger partial charge in [-0.2, -0.15) is 0 Å². The van der Waals surface area contributed by atoms with Gasteiger partial charge in [0.15, 0.2) is 0 Å². The lowest BCUT2D eigenvalue weighted by Crippen LogP contribution is -2.47. The fourth-order valence-electron chi connectivity index (χ4n) is 3.48. The second kappa shape index (κ2) is 12.4. The van der Waals surface area contributed by atoms with Crippen molar-refractivity contribution in [3.8, 4) is 5.75 Å². The first-order chi connectivity index (χ1) is 16.1. The highest BCUT2D eigenvalue weighted by atomic mass is 32.2. The number of likely N-dealkylation sites (N-methyl/N-ethyl adjacent to an activating group) is 1. The fraction of sp³-hybridized carbons (Fsp3) is 0.417. The van der Waals surface area contributed by atoms with Crippen LogP contribution >= 0.6 is 0 Å². The number of carbonyl (C=O) groups is 2. The minimum atomic E-state index is -3.60. The molecule has 0 saturated carbocycles. The number of hydrogen-bond donors (Lipinski definition) is 1. The molecule has 10 heteroatoms. The Kier molecular flexibility index (Phi) is 9.85. The molecular formula is C24H32FN3O5S. The monoisotopic (exact) mass is 493 g/mol. The Morgan fingerprint density at radius 1 is 1.12 bits per heavy atom. The standard InChI is InChI=1S/C24H32FN3O5S/c1-5-33-21-14-12-20(13-15-21)28(34(4,31)32)16-8-11-23(29)27(18(2)24(30)26-3)17-19-9-6-7-10-22(19)25/h6-7,9-10,12-15,18H,5,8,11,16-17H2,1-4H3,(H,26,30)/t18-/m1/s1. The van der Waals surface area contributed by atoms with Crippen LogP contribution in [0.1, 0.15) is 32.3 Å². The zero-order valence-corrected chi connectivity index (χ0v) is 20.8. The molecule has 0 spiro atoms. The van der Waals surface area contributed by atoms with E-state index in [9.17, 15) is 22.4 Å². The van der Waals surface area contributed by atoms with Crippen LogP contribution in [0.15, 0.2) is 48.5 Å². The van der Waals surface area contributed by atoms with Crippen LogP contribution in [0.5, 0.6) is 5.75 Å². The molecule has 0 heterocycles. The van der Waals surface area contributed by atoms with Gasteiger partial charge in [0.25, 0.3) is 0 Å². The molecular weight excluding hydrogens is 461 g/mol. The molecule has 0 aliphatic heterocycles. The second-order valence-corrected chi connectivity index (χ2v) is 9.68. The van der Waals surface area contributed by atoms with Gasteiger partial charge in [0.1, 0.15) is 17.6 Å². The third-order valence-corrected chi connectivity index (χ3v) is 6.49. The van der Waals surface area contributed by atoms with E-state index in [1.54, 1.807) is 49.4 Å². The number of amides is 2. The summed E-state index contributed by atoms with van der Waals surface area (Å²) in [7, 11) is -2.13. The maximum atomic E-state index is 14.2. The summed E-state index contributed by atoms with van der Waals surface area (Å²) in [5.41, 5.74) is 0.749. The van der Waals surface area contributed by atoms with E-state index in [1.165, 1.54) is 22.3 Å². The van der Waals surface area contributed by atoms with E-state index >= 15 is 0 Å². The number of rotatable bonds is 12. The Morgan fingerprint density at radius 3 is 2.32 bits per heavy atom. The summed E-state index contributed by atoms with van der Waals surface area (Å²) in [5, 5.41) is 2.51. The molecule has 0 aliphatic rings. The van der Waals surface area contributed by atoms with E-state index < -0.39 is 21.9 Å². The number of carbonyl (C=O) groups excluding carboxylic acids is 2. The Bertz CT molecular complexity index is 1080. The average molecular weight is 494 g/mol. The van der Waals surface area contributed by atoms with E-state index in [1.807, 2.05) is 6.92 Å². The van der Waals surface area contributed by atoms with Gasteiger partial charge in [-0.15, -0.1) is 0 Å². The zero-order chi connectivity index (χ0) is 25.3. The van der Waals surface area contributed by atoms with Crippen molar-refractivity contribution in [2.24, 2.45) is 0 Å². The molecule has 0 unspecified atom stereocenters. The summed E-state index contributed by atoms with van der Waals surface area (Å²) in [4.78, 5) is 26.6. The summed E-state index contributed by atoms with van der Waals surface area (Å²) < 4.78 is 45.6. The topological polar surface area (TPSA) is 96.0 Å². The summed E-state index contributed by atoms with van der Waals surface area (Å²) in [6.07, 6.45) is 1.30. The summed E-state index contributed by atoms with van der Waals surface area (Å²) in [6.45, 7) is 3.92. The minimum absolute atomic E-state index is 0.0150. The lowest BCUT2D eigenvalue weighted by Gasteiger charge is -2.29. The third-order valence-electron chi connectivity index (χ3n) is 5.30. The molecule has 2 aromatic rings. The van der Waals surface area contributed by atoms with E-state index in [0.29, 0.717) is 23.6 Å². The number of nitrogens with zero attached hydrogens (tertiary/aromatic N) is 2. The predicted molar refractivity (Wildman–Crippen MR) is 130 cm³/mol. The molecule has 8 nitrogen and oxygen atoms in total. The van der Waals surface area contributed by atoms with Crippen LogP contribution < -0.4 is 14.4 Å². The minimum Gasteiger partial charge on any atom is -0.494 e. The zero-order valence-electron chi connectivity index (χ0n) is 20.0. The summed E-state index contributed by atoms with van der Waals surface area (Å²) >= 11 is 0. The lowest BCUT2D eigenvalue weighted by molar-refractivity contribution is -0.140. The SMILES string of the molecule is CCOc1ccc(N(CCCC(=O)N(Cc2ccccc2F)[C@H](C)C(=O)NC)S(C)(=O)=O)cc1. The molecule has 0 aliphatic carbocycles. The van der Waals surface area contributed by atoms with Crippen molar-refractivity contribution >= 4 is 27.5 Å².